The zero-order valence-corrected chi connectivity index (χ0v) is 13.2. The molecule has 1 amide bonds. The van der Waals surface area contributed by atoms with Crippen molar-refractivity contribution in [2.75, 3.05) is 12.4 Å². The minimum atomic E-state index is -0.288. The lowest BCUT2D eigenvalue weighted by molar-refractivity contribution is -0.120. The number of nitrogens with one attached hydrogen (secondary N) is 2. The molecular weight excluding hydrogens is 304 g/mol. The maximum atomic E-state index is 12.5. The molecule has 7 heteroatoms. The lowest BCUT2D eigenvalue weighted by Gasteiger charge is -2.15. The van der Waals surface area contributed by atoms with Crippen LogP contribution in [0.2, 0.25) is 0 Å². The highest BCUT2D eigenvalue weighted by Crippen LogP contribution is 2.38. The SMILES string of the molecule is CNc1nnc(SC(C(=O)NC2CC2)c2ccccc2)s1. The second-order valence-corrected chi connectivity index (χ2v) is 7.14. The Morgan fingerprint density at radius 2 is 2.10 bits per heavy atom. The van der Waals surface area contributed by atoms with E-state index in [0.29, 0.717) is 6.04 Å². The van der Waals surface area contributed by atoms with Crippen molar-refractivity contribution < 1.29 is 4.79 Å². The Morgan fingerprint density at radius 3 is 2.71 bits per heavy atom. The number of amides is 1. The first-order valence-electron chi connectivity index (χ1n) is 6.79. The lowest BCUT2D eigenvalue weighted by Crippen LogP contribution is -2.29. The summed E-state index contributed by atoms with van der Waals surface area (Å²) in [4.78, 5) is 12.5. The second kappa shape index (κ2) is 6.44. The maximum absolute atomic E-state index is 12.5. The number of benzene rings is 1. The van der Waals surface area contributed by atoms with Gasteiger partial charge in [0, 0.05) is 13.1 Å². The van der Waals surface area contributed by atoms with E-state index in [1.165, 1.54) is 23.1 Å². The Hall–Kier alpha value is -1.60. The van der Waals surface area contributed by atoms with Gasteiger partial charge in [0.15, 0.2) is 4.34 Å². The van der Waals surface area contributed by atoms with Crippen LogP contribution in [0.5, 0.6) is 0 Å². The van der Waals surface area contributed by atoms with E-state index in [-0.39, 0.29) is 11.2 Å². The van der Waals surface area contributed by atoms with Gasteiger partial charge in [0.2, 0.25) is 11.0 Å². The molecular formula is C14H16N4OS2. The highest BCUT2D eigenvalue weighted by Gasteiger charge is 2.29. The van der Waals surface area contributed by atoms with Crippen molar-refractivity contribution in [2.45, 2.75) is 28.5 Å². The second-order valence-electron chi connectivity index (χ2n) is 4.81. The molecule has 1 unspecified atom stereocenters. The van der Waals surface area contributed by atoms with Gasteiger partial charge in [-0.2, -0.15) is 0 Å². The van der Waals surface area contributed by atoms with E-state index in [4.69, 9.17) is 0 Å². The van der Waals surface area contributed by atoms with Crippen LogP contribution < -0.4 is 10.6 Å². The minimum Gasteiger partial charge on any atom is -0.363 e. The van der Waals surface area contributed by atoms with E-state index in [0.717, 1.165) is 27.9 Å². The molecule has 1 fully saturated rings. The summed E-state index contributed by atoms with van der Waals surface area (Å²) in [5.41, 5.74) is 0.988. The van der Waals surface area contributed by atoms with Crippen molar-refractivity contribution in [3.05, 3.63) is 35.9 Å². The van der Waals surface area contributed by atoms with Crippen LogP contribution in [0.15, 0.2) is 34.7 Å². The highest BCUT2D eigenvalue weighted by molar-refractivity contribution is 8.01. The predicted octanol–water partition coefficient (Wildman–Crippen LogP) is 2.69. The fourth-order valence-electron chi connectivity index (χ4n) is 1.86. The lowest BCUT2D eigenvalue weighted by atomic mass is 10.1. The number of carbonyl (C=O) groups is 1. The standard InChI is InChI=1S/C14H16N4OS2/c1-15-13-17-18-14(21-13)20-11(9-5-3-2-4-6-9)12(19)16-10-7-8-10/h2-6,10-11H,7-8H2,1H3,(H,15,17)(H,16,19). The van der Waals surface area contributed by atoms with Crippen LogP contribution in [0, 0.1) is 0 Å². The van der Waals surface area contributed by atoms with E-state index in [1.807, 2.05) is 37.4 Å². The number of rotatable bonds is 6. The van der Waals surface area contributed by atoms with Gasteiger partial charge >= 0.3 is 0 Å². The fraction of sp³-hybridized carbons (Fsp3) is 0.357. The van der Waals surface area contributed by atoms with Gasteiger partial charge < -0.3 is 10.6 Å². The van der Waals surface area contributed by atoms with Crippen molar-refractivity contribution in [3.8, 4) is 0 Å². The van der Waals surface area contributed by atoms with Crippen LogP contribution in [0.25, 0.3) is 0 Å². The molecule has 110 valence electrons. The zero-order valence-electron chi connectivity index (χ0n) is 11.6. The molecule has 0 radical (unpaired) electrons. The van der Waals surface area contributed by atoms with Gasteiger partial charge in [0.05, 0.1) is 0 Å². The Labute approximate surface area is 131 Å². The van der Waals surface area contributed by atoms with E-state index in [9.17, 15) is 4.79 Å². The molecule has 1 aliphatic carbocycles. The fourth-order valence-corrected chi connectivity index (χ4v) is 3.77. The number of anilines is 1. The average molecular weight is 320 g/mol. The number of hydrogen-bond acceptors (Lipinski definition) is 6. The van der Waals surface area contributed by atoms with Gasteiger partial charge in [-0.3, -0.25) is 4.79 Å². The van der Waals surface area contributed by atoms with Crippen LogP contribution in [0.4, 0.5) is 5.13 Å². The summed E-state index contributed by atoms with van der Waals surface area (Å²) in [7, 11) is 1.81. The molecule has 0 spiro atoms. The van der Waals surface area contributed by atoms with Crippen molar-refractivity contribution in [3.63, 3.8) is 0 Å². The molecule has 3 rings (SSSR count). The molecule has 1 atom stereocenters. The number of aromatic nitrogens is 2. The van der Waals surface area contributed by atoms with Crippen molar-refractivity contribution >= 4 is 34.1 Å². The molecule has 2 N–H and O–H groups in total. The van der Waals surface area contributed by atoms with E-state index in [1.54, 1.807) is 0 Å². The van der Waals surface area contributed by atoms with Crippen LogP contribution >= 0.6 is 23.1 Å². The highest BCUT2D eigenvalue weighted by atomic mass is 32.2. The molecule has 1 aromatic heterocycles. The van der Waals surface area contributed by atoms with Crippen LogP contribution in [-0.4, -0.2) is 29.2 Å². The Morgan fingerprint density at radius 1 is 1.33 bits per heavy atom. The smallest absolute Gasteiger partial charge is 0.238 e. The summed E-state index contributed by atoms with van der Waals surface area (Å²) in [5.74, 6) is 0.0508. The first kappa shape index (κ1) is 14.3. The van der Waals surface area contributed by atoms with Crippen molar-refractivity contribution in [2.24, 2.45) is 0 Å². The third-order valence-electron chi connectivity index (χ3n) is 3.10. The third kappa shape index (κ3) is 3.74. The first-order chi connectivity index (χ1) is 10.3. The molecule has 1 aromatic carbocycles. The normalized spacial score (nSPS) is 15.5. The molecule has 5 nitrogen and oxygen atoms in total. The monoisotopic (exact) mass is 320 g/mol. The third-order valence-corrected chi connectivity index (χ3v) is 5.38. The predicted molar refractivity (Wildman–Crippen MR) is 85.7 cm³/mol. The summed E-state index contributed by atoms with van der Waals surface area (Å²) in [6.45, 7) is 0. The minimum absolute atomic E-state index is 0.0508. The summed E-state index contributed by atoms with van der Waals surface area (Å²) < 4.78 is 0.791. The molecule has 0 bridgehead atoms. The van der Waals surface area contributed by atoms with Crippen LogP contribution in [0.1, 0.15) is 23.7 Å². The molecule has 1 heterocycles. The molecule has 21 heavy (non-hydrogen) atoms. The van der Waals surface area contributed by atoms with Gasteiger partial charge in [0.1, 0.15) is 5.25 Å². The van der Waals surface area contributed by atoms with Crippen molar-refractivity contribution in [1.82, 2.24) is 15.5 Å². The van der Waals surface area contributed by atoms with Crippen LogP contribution in [-0.2, 0) is 4.79 Å². The van der Waals surface area contributed by atoms with Gasteiger partial charge in [-0.05, 0) is 18.4 Å². The molecule has 0 saturated heterocycles. The van der Waals surface area contributed by atoms with Gasteiger partial charge in [-0.25, -0.2) is 0 Å². The van der Waals surface area contributed by atoms with Gasteiger partial charge in [-0.1, -0.05) is 53.4 Å². The quantitative estimate of drug-likeness (QED) is 0.801. The summed E-state index contributed by atoms with van der Waals surface area (Å²) >= 11 is 2.91. The number of thioether (sulfide) groups is 1. The molecule has 1 saturated carbocycles. The summed E-state index contributed by atoms with van der Waals surface area (Å²) in [6, 6.07) is 10.2. The molecule has 1 aliphatic rings. The summed E-state index contributed by atoms with van der Waals surface area (Å²) in [5, 5.41) is 14.6. The Bertz CT molecular complexity index is 612. The molecule has 0 aliphatic heterocycles. The van der Waals surface area contributed by atoms with Gasteiger partial charge in [0.25, 0.3) is 0 Å². The largest absolute Gasteiger partial charge is 0.363 e. The van der Waals surface area contributed by atoms with Crippen LogP contribution in [0.3, 0.4) is 0 Å². The molecule has 2 aromatic rings. The topological polar surface area (TPSA) is 66.9 Å². The van der Waals surface area contributed by atoms with E-state index >= 15 is 0 Å². The zero-order chi connectivity index (χ0) is 14.7. The number of hydrogen-bond donors (Lipinski definition) is 2. The van der Waals surface area contributed by atoms with Crippen molar-refractivity contribution in [1.29, 1.82) is 0 Å². The Kier molecular flexibility index (Phi) is 4.40. The number of nitrogens with zero attached hydrogens (tertiary/aromatic N) is 2. The number of carbonyl (C=O) groups excluding carboxylic acids is 1. The van der Waals surface area contributed by atoms with E-state index < -0.39 is 0 Å². The maximum Gasteiger partial charge on any atom is 0.238 e. The summed E-state index contributed by atoms with van der Waals surface area (Å²) in [6.07, 6.45) is 2.17. The average Bonchev–Trinajstić information content (AvgIpc) is 3.21. The first-order valence-corrected chi connectivity index (χ1v) is 8.49. The van der Waals surface area contributed by atoms with E-state index in [2.05, 4.69) is 20.8 Å². The van der Waals surface area contributed by atoms with Gasteiger partial charge in [-0.15, -0.1) is 10.2 Å². The Balaban J connectivity index is 1.79.